The van der Waals surface area contributed by atoms with Crippen LogP contribution in [0, 0.1) is 0 Å². The lowest BCUT2D eigenvalue weighted by Crippen LogP contribution is -2.00. The number of hydrogen-bond donors (Lipinski definition) is 0. The molecule has 0 heterocycles. The second-order valence-electron chi connectivity index (χ2n) is 3.98. The second-order valence-corrected chi connectivity index (χ2v) is 3.98. The molecule has 1 aliphatic rings. The van der Waals surface area contributed by atoms with Crippen LogP contribution in [-0.4, -0.2) is 12.4 Å². The van der Waals surface area contributed by atoms with Gasteiger partial charge >= 0.3 is 0 Å². The number of allylic oxidation sites excluding steroid dienone is 1. The van der Waals surface area contributed by atoms with Crippen LogP contribution in [0.3, 0.4) is 0 Å². The molecule has 0 radical (unpaired) electrons. The van der Waals surface area contributed by atoms with Crippen molar-refractivity contribution in [3.05, 3.63) is 42.0 Å². The highest BCUT2D eigenvalue weighted by Gasteiger charge is 2.22. The summed E-state index contributed by atoms with van der Waals surface area (Å²) >= 11 is 0. The Bertz CT molecular complexity index is 407. The summed E-state index contributed by atoms with van der Waals surface area (Å²) in [6, 6.07) is 5.73. The lowest BCUT2D eigenvalue weighted by molar-refractivity contribution is 0.0994. The average Bonchev–Trinajstić information content (AvgIpc) is 2.68. The molecular weight excluding hydrogens is 200 g/mol. The molecule has 0 atom stereocenters. The Morgan fingerprint density at radius 1 is 1.38 bits per heavy atom. The largest absolute Gasteiger partial charge is 0.493 e. The van der Waals surface area contributed by atoms with Gasteiger partial charge in [0.25, 0.3) is 0 Å². The first-order valence-corrected chi connectivity index (χ1v) is 5.71. The fourth-order valence-corrected chi connectivity index (χ4v) is 2.00. The molecule has 0 aliphatic heterocycles. The lowest BCUT2D eigenvalue weighted by atomic mass is 10.1. The lowest BCUT2D eigenvalue weighted by Gasteiger charge is -2.09. The van der Waals surface area contributed by atoms with E-state index in [9.17, 15) is 4.79 Å². The molecule has 0 aromatic heterocycles. The Balaban J connectivity index is 2.05. The Kier molecular flexibility index (Phi) is 3.40. The average molecular weight is 216 g/mol. The molecule has 2 rings (SSSR count). The highest BCUT2D eigenvalue weighted by molar-refractivity contribution is 6.01. The zero-order valence-corrected chi connectivity index (χ0v) is 9.37. The van der Waals surface area contributed by atoms with Crippen LogP contribution < -0.4 is 4.74 Å². The number of ether oxygens (including phenoxy) is 1. The van der Waals surface area contributed by atoms with E-state index in [1.807, 2.05) is 24.3 Å². The molecule has 1 aromatic carbocycles. The number of unbranched alkanes of at least 4 members (excludes halogenated alkanes) is 1. The van der Waals surface area contributed by atoms with Gasteiger partial charge in [-0.15, -0.1) is 6.58 Å². The predicted octanol–water partition coefficient (Wildman–Crippen LogP) is 3.16. The van der Waals surface area contributed by atoms with Gasteiger partial charge in [0.2, 0.25) is 0 Å². The SMILES string of the molecule is C=CCCCOc1cccc2c1CCC2=O. The van der Waals surface area contributed by atoms with Gasteiger partial charge < -0.3 is 4.74 Å². The van der Waals surface area contributed by atoms with Gasteiger partial charge in [0.05, 0.1) is 6.61 Å². The van der Waals surface area contributed by atoms with Gasteiger partial charge in [0.15, 0.2) is 5.78 Å². The molecular formula is C14H16O2. The third kappa shape index (κ3) is 2.16. The monoisotopic (exact) mass is 216 g/mol. The smallest absolute Gasteiger partial charge is 0.163 e. The van der Waals surface area contributed by atoms with Gasteiger partial charge in [0.1, 0.15) is 5.75 Å². The number of hydrogen-bond acceptors (Lipinski definition) is 2. The van der Waals surface area contributed by atoms with E-state index in [-0.39, 0.29) is 5.78 Å². The van der Waals surface area contributed by atoms with E-state index in [1.54, 1.807) is 0 Å². The molecule has 0 amide bonds. The molecule has 0 saturated heterocycles. The molecule has 0 N–H and O–H groups in total. The zero-order chi connectivity index (χ0) is 11.4. The highest BCUT2D eigenvalue weighted by atomic mass is 16.5. The summed E-state index contributed by atoms with van der Waals surface area (Å²) in [5, 5.41) is 0. The number of rotatable bonds is 5. The molecule has 0 fully saturated rings. The van der Waals surface area contributed by atoms with E-state index >= 15 is 0 Å². The third-order valence-electron chi connectivity index (χ3n) is 2.85. The number of carbonyl (C=O) groups is 1. The van der Waals surface area contributed by atoms with Gasteiger partial charge in [-0.25, -0.2) is 0 Å². The molecule has 0 spiro atoms. The quantitative estimate of drug-likeness (QED) is 0.558. The molecule has 0 unspecified atom stereocenters. The topological polar surface area (TPSA) is 26.3 Å². The fraction of sp³-hybridized carbons (Fsp3) is 0.357. The summed E-state index contributed by atoms with van der Waals surface area (Å²) < 4.78 is 5.70. The van der Waals surface area contributed by atoms with Crippen molar-refractivity contribution >= 4 is 5.78 Å². The zero-order valence-electron chi connectivity index (χ0n) is 9.37. The molecule has 0 bridgehead atoms. The molecule has 84 valence electrons. The number of Topliss-reactive ketones (excluding diaryl/α,β-unsaturated/α-hetero) is 1. The molecule has 1 aromatic rings. The predicted molar refractivity (Wildman–Crippen MR) is 64.0 cm³/mol. The van der Waals surface area contributed by atoms with Gasteiger partial charge in [0, 0.05) is 17.5 Å². The van der Waals surface area contributed by atoms with Crippen molar-refractivity contribution in [1.29, 1.82) is 0 Å². The van der Waals surface area contributed by atoms with Crippen LogP contribution in [-0.2, 0) is 6.42 Å². The van der Waals surface area contributed by atoms with Gasteiger partial charge in [-0.05, 0) is 25.3 Å². The fourth-order valence-electron chi connectivity index (χ4n) is 2.00. The Morgan fingerprint density at radius 2 is 2.25 bits per heavy atom. The van der Waals surface area contributed by atoms with Gasteiger partial charge in [-0.1, -0.05) is 18.2 Å². The molecule has 1 aliphatic carbocycles. The minimum atomic E-state index is 0.242. The Labute approximate surface area is 95.9 Å². The molecule has 0 saturated carbocycles. The third-order valence-corrected chi connectivity index (χ3v) is 2.85. The van der Waals surface area contributed by atoms with Crippen molar-refractivity contribution in [2.45, 2.75) is 25.7 Å². The Hall–Kier alpha value is -1.57. The van der Waals surface area contributed by atoms with Crippen molar-refractivity contribution in [2.24, 2.45) is 0 Å². The van der Waals surface area contributed by atoms with Crippen molar-refractivity contribution in [2.75, 3.05) is 6.61 Å². The van der Waals surface area contributed by atoms with Crippen LogP contribution in [0.4, 0.5) is 0 Å². The second kappa shape index (κ2) is 4.97. The molecule has 2 nitrogen and oxygen atoms in total. The van der Waals surface area contributed by atoms with Crippen LogP contribution in [0.1, 0.15) is 35.2 Å². The summed E-state index contributed by atoms with van der Waals surface area (Å²) in [6.45, 7) is 4.36. The van der Waals surface area contributed by atoms with E-state index < -0.39 is 0 Å². The van der Waals surface area contributed by atoms with Crippen LogP contribution in [0.5, 0.6) is 5.75 Å². The van der Waals surface area contributed by atoms with Crippen LogP contribution in [0.2, 0.25) is 0 Å². The number of fused-ring (bicyclic) bond motifs is 1. The Morgan fingerprint density at radius 3 is 3.06 bits per heavy atom. The minimum absolute atomic E-state index is 0.242. The van der Waals surface area contributed by atoms with Crippen molar-refractivity contribution < 1.29 is 9.53 Å². The van der Waals surface area contributed by atoms with Crippen molar-refractivity contribution in [1.82, 2.24) is 0 Å². The first-order chi connectivity index (χ1) is 7.83. The first-order valence-electron chi connectivity index (χ1n) is 5.71. The van der Waals surface area contributed by atoms with Crippen molar-refractivity contribution in [3.8, 4) is 5.75 Å². The molecule has 2 heteroatoms. The highest BCUT2D eigenvalue weighted by Crippen LogP contribution is 2.30. The van der Waals surface area contributed by atoms with E-state index in [4.69, 9.17) is 4.74 Å². The number of ketones is 1. The van der Waals surface area contributed by atoms with Crippen LogP contribution >= 0.6 is 0 Å². The van der Waals surface area contributed by atoms with E-state index in [1.165, 1.54) is 0 Å². The van der Waals surface area contributed by atoms with Crippen LogP contribution in [0.15, 0.2) is 30.9 Å². The van der Waals surface area contributed by atoms with Gasteiger partial charge in [-0.3, -0.25) is 4.79 Å². The van der Waals surface area contributed by atoms with E-state index in [0.29, 0.717) is 13.0 Å². The summed E-state index contributed by atoms with van der Waals surface area (Å²) in [7, 11) is 0. The van der Waals surface area contributed by atoms with E-state index in [2.05, 4.69) is 6.58 Å². The van der Waals surface area contributed by atoms with Gasteiger partial charge in [-0.2, -0.15) is 0 Å². The first kappa shape index (κ1) is 10.9. The number of benzene rings is 1. The van der Waals surface area contributed by atoms with Crippen molar-refractivity contribution in [3.63, 3.8) is 0 Å². The number of carbonyl (C=O) groups excluding carboxylic acids is 1. The van der Waals surface area contributed by atoms with Crippen LogP contribution in [0.25, 0.3) is 0 Å². The molecule has 16 heavy (non-hydrogen) atoms. The summed E-state index contributed by atoms with van der Waals surface area (Å²) in [6.07, 6.45) is 5.28. The minimum Gasteiger partial charge on any atom is -0.493 e. The maximum atomic E-state index is 11.5. The normalized spacial score (nSPS) is 13.6. The summed E-state index contributed by atoms with van der Waals surface area (Å²) in [5.74, 6) is 1.12. The summed E-state index contributed by atoms with van der Waals surface area (Å²) in [5.41, 5.74) is 1.94. The van der Waals surface area contributed by atoms with E-state index in [0.717, 1.165) is 36.1 Å². The summed E-state index contributed by atoms with van der Waals surface area (Å²) in [4.78, 5) is 11.5. The standard InChI is InChI=1S/C14H16O2/c1-2-3-4-10-16-14-7-5-6-11-12(14)8-9-13(11)15/h2,5-7H,1,3-4,8-10H2. The maximum absolute atomic E-state index is 11.5. The maximum Gasteiger partial charge on any atom is 0.163 e.